The molecule has 1 aromatic carbocycles. The summed E-state index contributed by atoms with van der Waals surface area (Å²) in [6.45, 7) is 3.85. The molecule has 0 amide bonds. The van der Waals surface area contributed by atoms with Gasteiger partial charge in [-0.15, -0.1) is 0 Å². The first-order chi connectivity index (χ1) is 9.48. The molecule has 1 saturated carbocycles. The minimum Gasteiger partial charge on any atom is -0.321 e. The van der Waals surface area contributed by atoms with Gasteiger partial charge in [0.05, 0.1) is 0 Å². The van der Waals surface area contributed by atoms with Gasteiger partial charge in [-0.2, -0.15) is 0 Å². The van der Waals surface area contributed by atoms with Gasteiger partial charge in [-0.25, -0.2) is 8.78 Å². The highest BCUT2D eigenvalue weighted by molar-refractivity contribution is 5.32. The molecular formula is C17H25F2N. The van der Waals surface area contributed by atoms with Gasteiger partial charge < -0.3 is 5.73 Å². The Kier molecular flexibility index (Phi) is 4.79. The van der Waals surface area contributed by atoms with Crippen LogP contribution in [0.4, 0.5) is 8.78 Å². The first-order valence-corrected chi connectivity index (χ1v) is 7.72. The molecule has 0 heterocycles. The van der Waals surface area contributed by atoms with Crippen molar-refractivity contribution in [2.45, 2.75) is 64.3 Å². The van der Waals surface area contributed by atoms with Crippen molar-refractivity contribution in [3.8, 4) is 0 Å². The second-order valence-electron chi connectivity index (χ2n) is 6.30. The van der Waals surface area contributed by atoms with E-state index in [2.05, 4.69) is 6.92 Å². The molecule has 112 valence electrons. The minimum absolute atomic E-state index is 0.106. The van der Waals surface area contributed by atoms with Crippen LogP contribution in [0.15, 0.2) is 12.1 Å². The molecule has 1 aliphatic rings. The van der Waals surface area contributed by atoms with Crippen LogP contribution in [0, 0.1) is 24.5 Å². The van der Waals surface area contributed by atoms with Gasteiger partial charge in [-0.05, 0) is 43.7 Å². The summed E-state index contributed by atoms with van der Waals surface area (Å²) < 4.78 is 28.5. The zero-order valence-corrected chi connectivity index (χ0v) is 12.5. The van der Waals surface area contributed by atoms with E-state index in [9.17, 15) is 8.78 Å². The molecule has 0 saturated heterocycles. The fourth-order valence-electron chi connectivity index (χ4n) is 3.50. The predicted molar refractivity (Wildman–Crippen MR) is 78.4 cm³/mol. The van der Waals surface area contributed by atoms with E-state index in [4.69, 9.17) is 5.73 Å². The molecular weight excluding hydrogens is 256 g/mol. The molecule has 1 nitrogen and oxygen atoms in total. The molecule has 0 radical (unpaired) electrons. The quantitative estimate of drug-likeness (QED) is 0.791. The summed E-state index contributed by atoms with van der Waals surface area (Å²) >= 11 is 0. The molecule has 2 atom stereocenters. The van der Waals surface area contributed by atoms with E-state index >= 15 is 0 Å². The first-order valence-electron chi connectivity index (χ1n) is 7.72. The van der Waals surface area contributed by atoms with E-state index in [-0.39, 0.29) is 5.56 Å². The second kappa shape index (κ2) is 6.21. The van der Waals surface area contributed by atoms with Crippen LogP contribution < -0.4 is 5.73 Å². The van der Waals surface area contributed by atoms with Crippen molar-refractivity contribution in [3.05, 3.63) is 34.9 Å². The Hall–Kier alpha value is -0.960. The number of halogens is 2. The third-order valence-electron chi connectivity index (χ3n) is 4.71. The van der Waals surface area contributed by atoms with Crippen LogP contribution in [-0.4, -0.2) is 0 Å². The zero-order chi connectivity index (χ0) is 14.8. The molecule has 2 unspecified atom stereocenters. The third kappa shape index (κ3) is 3.03. The Bertz CT molecular complexity index is 472. The van der Waals surface area contributed by atoms with E-state index in [1.54, 1.807) is 6.92 Å². The van der Waals surface area contributed by atoms with Crippen molar-refractivity contribution in [1.82, 2.24) is 0 Å². The van der Waals surface area contributed by atoms with Gasteiger partial charge in [0.25, 0.3) is 0 Å². The standard InChI is InChI=1S/C17H25F2N/c1-3-5-13-6-4-10-17(20,11-9-13)15-14(18)8-7-12(2)16(15)19/h7-8,13H,3-6,9-11,20H2,1-2H3. The van der Waals surface area contributed by atoms with Crippen LogP contribution in [0.1, 0.15) is 63.0 Å². The molecule has 1 aliphatic carbocycles. The lowest BCUT2D eigenvalue weighted by Crippen LogP contribution is -2.38. The van der Waals surface area contributed by atoms with E-state index < -0.39 is 17.2 Å². The van der Waals surface area contributed by atoms with Crippen molar-refractivity contribution < 1.29 is 8.78 Å². The molecule has 1 aromatic rings. The fraction of sp³-hybridized carbons (Fsp3) is 0.647. The molecule has 0 spiro atoms. The highest BCUT2D eigenvalue weighted by atomic mass is 19.1. The Morgan fingerprint density at radius 3 is 2.70 bits per heavy atom. The third-order valence-corrected chi connectivity index (χ3v) is 4.71. The van der Waals surface area contributed by atoms with Crippen molar-refractivity contribution >= 4 is 0 Å². The predicted octanol–water partition coefficient (Wildman–Crippen LogP) is 4.81. The highest BCUT2D eigenvalue weighted by Crippen LogP contribution is 2.39. The summed E-state index contributed by atoms with van der Waals surface area (Å²) in [6, 6.07) is 2.82. The number of hydrogen-bond acceptors (Lipinski definition) is 1. The topological polar surface area (TPSA) is 26.0 Å². The lowest BCUT2D eigenvalue weighted by atomic mass is 9.82. The van der Waals surface area contributed by atoms with Gasteiger partial charge in [0, 0.05) is 11.1 Å². The number of aryl methyl sites for hydroxylation is 1. The van der Waals surface area contributed by atoms with E-state index in [0.717, 1.165) is 25.7 Å². The van der Waals surface area contributed by atoms with Crippen LogP contribution in [-0.2, 0) is 5.54 Å². The number of rotatable bonds is 3. The molecule has 0 aliphatic heterocycles. The van der Waals surface area contributed by atoms with Crippen LogP contribution in [0.25, 0.3) is 0 Å². The van der Waals surface area contributed by atoms with Gasteiger partial charge in [0.15, 0.2) is 0 Å². The summed E-state index contributed by atoms with van der Waals surface area (Å²) in [5.74, 6) is -0.299. The molecule has 0 bridgehead atoms. The van der Waals surface area contributed by atoms with Crippen molar-refractivity contribution in [2.24, 2.45) is 11.7 Å². The largest absolute Gasteiger partial charge is 0.321 e. The lowest BCUT2D eigenvalue weighted by molar-refractivity contribution is 0.339. The molecule has 20 heavy (non-hydrogen) atoms. The Morgan fingerprint density at radius 2 is 2.00 bits per heavy atom. The number of nitrogens with two attached hydrogens (primary N) is 1. The number of hydrogen-bond donors (Lipinski definition) is 1. The number of benzene rings is 1. The zero-order valence-electron chi connectivity index (χ0n) is 12.5. The van der Waals surface area contributed by atoms with Gasteiger partial charge in [-0.3, -0.25) is 0 Å². The summed E-state index contributed by atoms with van der Waals surface area (Å²) in [5, 5.41) is 0. The SMILES string of the molecule is CCCC1CCCC(N)(c2c(F)ccc(C)c2F)CC1. The average molecular weight is 281 g/mol. The monoisotopic (exact) mass is 281 g/mol. The summed E-state index contributed by atoms with van der Waals surface area (Å²) in [6.07, 6.45) is 6.75. The van der Waals surface area contributed by atoms with Crippen LogP contribution in [0.5, 0.6) is 0 Å². The highest BCUT2D eigenvalue weighted by Gasteiger charge is 2.35. The van der Waals surface area contributed by atoms with Gasteiger partial charge in [0.1, 0.15) is 11.6 Å². The van der Waals surface area contributed by atoms with Crippen LogP contribution >= 0.6 is 0 Å². The molecule has 2 N–H and O–H groups in total. The minimum atomic E-state index is -0.845. The van der Waals surface area contributed by atoms with Crippen LogP contribution in [0.3, 0.4) is 0 Å². The van der Waals surface area contributed by atoms with Gasteiger partial charge >= 0.3 is 0 Å². The fourth-order valence-corrected chi connectivity index (χ4v) is 3.50. The summed E-state index contributed by atoms with van der Waals surface area (Å²) in [7, 11) is 0. The van der Waals surface area contributed by atoms with Gasteiger partial charge in [-0.1, -0.05) is 38.7 Å². The van der Waals surface area contributed by atoms with Crippen molar-refractivity contribution in [1.29, 1.82) is 0 Å². The second-order valence-corrected chi connectivity index (χ2v) is 6.30. The van der Waals surface area contributed by atoms with Crippen LogP contribution in [0.2, 0.25) is 0 Å². The Labute approximate surface area is 120 Å². The summed E-state index contributed by atoms with van der Waals surface area (Å²) in [5.41, 5.74) is 6.16. The molecule has 2 rings (SSSR count). The molecule has 0 aromatic heterocycles. The average Bonchev–Trinajstić information content (AvgIpc) is 2.58. The molecule has 3 heteroatoms. The molecule has 1 fully saturated rings. The Balaban J connectivity index is 2.29. The van der Waals surface area contributed by atoms with E-state index in [1.165, 1.54) is 18.6 Å². The lowest BCUT2D eigenvalue weighted by Gasteiger charge is -2.30. The Morgan fingerprint density at radius 1 is 1.25 bits per heavy atom. The maximum atomic E-state index is 14.4. The maximum absolute atomic E-state index is 14.4. The van der Waals surface area contributed by atoms with E-state index in [1.807, 2.05) is 0 Å². The summed E-state index contributed by atoms with van der Waals surface area (Å²) in [4.78, 5) is 0. The van der Waals surface area contributed by atoms with Crippen molar-refractivity contribution in [3.63, 3.8) is 0 Å². The maximum Gasteiger partial charge on any atom is 0.134 e. The first kappa shape index (κ1) is 15.4. The van der Waals surface area contributed by atoms with Gasteiger partial charge in [0.2, 0.25) is 0 Å². The van der Waals surface area contributed by atoms with E-state index in [0.29, 0.717) is 24.3 Å². The smallest absolute Gasteiger partial charge is 0.134 e. The normalized spacial score (nSPS) is 27.4. The van der Waals surface area contributed by atoms with Crippen molar-refractivity contribution in [2.75, 3.05) is 0 Å².